The molecular weight excluding hydrogens is 536 g/mol. The van der Waals surface area contributed by atoms with Gasteiger partial charge in [0.15, 0.2) is 5.78 Å². The number of hydrogen-bond donors (Lipinski definition) is 1. The van der Waals surface area contributed by atoms with Crippen molar-refractivity contribution in [2.45, 2.75) is 92.1 Å². The lowest BCUT2D eigenvalue weighted by molar-refractivity contribution is -0.295. The Morgan fingerprint density at radius 1 is 0.927 bits per heavy atom. The van der Waals surface area contributed by atoms with Crippen LogP contribution in [0.2, 0.25) is 0 Å². The molecular formula is C30H40O11. The van der Waals surface area contributed by atoms with Crippen LogP contribution in [0.3, 0.4) is 0 Å². The van der Waals surface area contributed by atoms with Crippen molar-refractivity contribution in [3.05, 3.63) is 12.2 Å². The molecule has 3 saturated carbocycles. The lowest BCUT2D eigenvalue weighted by Gasteiger charge is -2.71. The van der Waals surface area contributed by atoms with Gasteiger partial charge in [0.05, 0.1) is 24.5 Å². The van der Waals surface area contributed by atoms with Gasteiger partial charge in [0.1, 0.15) is 18.0 Å². The van der Waals surface area contributed by atoms with Crippen molar-refractivity contribution in [3.63, 3.8) is 0 Å². The van der Waals surface area contributed by atoms with E-state index in [4.69, 9.17) is 18.9 Å². The van der Waals surface area contributed by atoms with Gasteiger partial charge in [0.2, 0.25) is 0 Å². The molecule has 3 aliphatic carbocycles. The number of rotatable bonds is 3. The molecule has 1 aliphatic heterocycles. The van der Waals surface area contributed by atoms with Crippen molar-refractivity contribution in [1.29, 1.82) is 0 Å². The number of Topliss-reactive ketones (excluding diaryl/α,β-unsaturated/α-hetero) is 2. The van der Waals surface area contributed by atoms with E-state index in [9.17, 15) is 33.9 Å². The number of allylic oxidation sites excluding steroid dienone is 1. The molecule has 1 heterocycles. The van der Waals surface area contributed by atoms with E-state index in [0.717, 1.165) is 7.11 Å². The van der Waals surface area contributed by atoms with Gasteiger partial charge in [-0.15, -0.1) is 0 Å². The van der Waals surface area contributed by atoms with Gasteiger partial charge in [-0.25, -0.2) is 4.79 Å². The van der Waals surface area contributed by atoms with Gasteiger partial charge in [-0.3, -0.25) is 24.0 Å². The Balaban J connectivity index is 2.07. The number of hydrogen-bond acceptors (Lipinski definition) is 11. The Kier molecular flexibility index (Phi) is 6.93. The predicted molar refractivity (Wildman–Crippen MR) is 141 cm³/mol. The summed E-state index contributed by atoms with van der Waals surface area (Å²) in [5, 5.41) is 11.6. The molecule has 226 valence electrons. The van der Waals surface area contributed by atoms with Crippen LogP contribution < -0.4 is 0 Å². The zero-order chi connectivity index (χ0) is 31.2. The van der Waals surface area contributed by atoms with E-state index in [1.165, 1.54) is 27.7 Å². The van der Waals surface area contributed by atoms with Crippen LogP contribution in [-0.4, -0.2) is 71.6 Å². The maximum Gasteiger partial charge on any atom is 0.358 e. The summed E-state index contributed by atoms with van der Waals surface area (Å²) in [6.07, 6.45) is -3.93. The first-order valence-corrected chi connectivity index (χ1v) is 13.8. The number of methoxy groups -OCH3 is 1. The second kappa shape index (κ2) is 9.21. The molecule has 4 fully saturated rings. The first-order valence-electron chi connectivity index (χ1n) is 13.8. The third-order valence-corrected chi connectivity index (χ3v) is 11.0. The fraction of sp³-hybridized carbons (Fsp3) is 0.733. The summed E-state index contributed by atoms with van der Waals surface area (Å²) in [4.78, 5) is 79.6. The summed E-state index contributed by atoms with van der Waals surface area (Å²) >= 11 is 0. The average molecular weight is 577 g/mol. The van der Waals surface area contributed by atoms with Crippen LogP contribution in [0.15, 0.2) is 12.2 Å². The number of aliphatic hydroxyl groups excluding tert-OH is 1. The van der Waals surface area contributed by atoms with Crippen molar-refractivity contribution >= 4 is 35.4 Å². The quantitative estimate of drug-likeness (QED) is 0.227. The van der Waals surface area contributed by atoms with Gasteiger partial charge in [-0.05, 0) is 26.2 Å². The van der Waals surface area contributed by atoms with Crippen LogP contribution >= 0.6 is 0 Å². The van der Waals surface area contributed by atoms with Gasteiger partial charge < -0.3 is 24.1 Å². The summed E-state index contributed by atoms with van der Waals surface area (Å²) in [5.41, 5.74) is -7.42. The van der Waals surface area contributed by atoms with E-state index >= 15 is 0 Å². The largest absolute Gasteiger partial charge is 0.466 e. The van der Waals surface area contributed by atoms with Gasteiger partial charge in [0.25, 0.3) is 5.60 Å². The minimum absolute atomic E-state index is 0.0820. The van der Waals surface area contributed by atoms with E-state index in [-0.39, 0.29) is 18.6 Å². The number of ketones is 2. The summed E-state index contributed by atoms with van der Waals surface area (Å²) in [7, 11) is 1.08. The van der Waals surface area contributed by atoms with E-state index in [2.05, 4.69) is 6.58 Å². The molecule has 0 amide bonds. The second-order valence-electron chi connectivity index (χ2n) is 13.4. The van der Waals surface area contributed by atoms with Gasteiger partial charge >= 0.3 is 23.9 Å². The topological polar surface area (TPSA) is 160 Å². The molecule has 0 aromatic heterocycles. The Morgan fingerprint density at radius 3 is 2.00 bits per heavy atom. The van der Waals surface area contributed by atoms with E-state index in [0.29, 0.717) is 5.57 Å². The summed E-state index contributed by atoms with van der Waals surface area (Å²) in [5.74, 6) is -7.34. The SMILES string of the molecule is C=C1C[C@H]2[C@@](C)([C@@H]3C(=O)O[C@](C)(C(=O)OC)C(=O)[C@]13C)[C@@H](OC(C)=O)[C@@H](OC(C)=O)[C@H]1C(C)(C)C(=O)C[C@@H](O)[C@@]21C. The molecule has 10 atom stereocenters. The maximum absolute atomic E-state index is 14.2. The second-order valence-corrected chi connectivity index (χ2v) is 13.4. The fourth-order valence-corrected chi connectivity index (χ4v) is 9.12. The smallest absolute Gasteiger partial charge is 0.358 e. The van der Waals surface area contributed by atoms with E-state index < -0.39 is 93.0 Å². The van der Waals surface area contributed by atoms with E-state index in [1.807, 2.05) is 0 Å². The average Bonchev–Trinajstić information content (AvgIpc) is 2.84. The molecule has 0 aromatic rings. The number of esters is 4. The third kappa shape index (κ3) is 3.73. The monoisotopic (exact) mass is 576 g/mol. The zero-order valence-electron chi connectivity index (χ0n) is 25.1. The number of carbonyl (C=O) groups excluding carboxylic acids is 6. The molecule has 11 heteroatoms. The Morgan fingerprint density at radius 2 is 1.49 bits per heavy atom. The van der Waals surface area contributed by atoms with Crippen LogP contribution in [0.5, 0.6) is 0 Å². The molecule has 11 nitrogen and oxygen atoms in total. The zero-order valence-corrected chi connectivity index (χ0v) is 25.1. The molecule has 1 N–H and O–H groups in total. The van der Waals surface area contributed by atoms with Crippen molar-refractivity contribution in [2.24, 2.45) is 39.4 Å². The minimum atomic E-state index is -2.25. The molecule has 0 aromatic carbocycles. The Labute approximate surface area is 239 Å². The Hall–Kier alpha value is -3.08. The highest BCUT2D eigenvalue weighted by atomic mass is 16.6. The summed E-state index contributed by atoms with van der Waals surface area (Å²) < 4.78 is 22.2. The third-order valence-electron chi connectivity index (χ3n) is 11.0. The number of carbonyl (C=O) groups is 6. The molecule has 4 aliphatic rings. The normalized spacial score (nSPS) is 44.9. The number of ether oxygens (including phenoxy) is 4. The van der Waals surface area contributed by atoms with Crippen molar-refractivity contribution in [1.82, 2.24) is 0 Å². The van der Waals surface area contributed by atoms with Crippen molar-refractivity contribution in [3.8, 4) is 0 Å². The van der Waals surface area contributed by atoms with Crippen LogP contribution in [0, 0.1) is 39.4 Å². The minimum Gasteiger partial charge on any atom is -0.466 e. The molecule has 4 rings (SSSR count). The van der Waals surface area contributed by atoms with Crippen molar-refractivity contribution in [2.75, 3.05) is 7.11 Å². The maximum atomic E-state index is 14.2. The number of cyclic esters (lactones) is 1. The standard InChI is InChI=1S/C30H40O11/c1-13-11-16-28(7)18(34)12-17(33)26(4,5)20(28)19(39-14(2)31)22(40-15(3)32)29(16,8)21-23(35)41-30(9,25(37)38-10)24(36)27(13,21)6/h16,18-22,34H,1,11-12H2,2-10H3/t16-,18-,19+,20+,21-,22+,27-,28-,29+,30+/m1/s1. The first kappa shape index (κ1) is 30.9. The summed E-state index contributed by atoms with van der Waals surface area (Å²) in [6, 6.07) is 0. The predicted octanol–water partition coefficient (Wildman–Crippen LogP) is 2.11. The number of fused-ring (bicyclic) bond motifs is 5. The summed E-state index contributed by atoms with van der Waals surface area (Å²) in [6.45, 7) is 16.1. The van der Waals surface area contributed by atoms with Crippen LogP contribution in [-0.2, 0) is 47.7 Å². The van der Waals surface area contributed by atoms with Crippen molar-refractivity contribution < 1.29 is 52.8 Å². The van der Waals surface area contributed by atoms with E-state index in [1.54, 1.807) is 27.7 Å². The molecule has 0 unspecified atom stereocenters. The molecule has 0 radical (unpaired) electrons. The highest BCUT2D eigenvalue weighted by Crippen LogP contribution is 2.73. The lowest BCUT2D eigenvalue weighted by atomic mass is 9.33. The van der Waals surface area contributed by atoms with Gasteiger partial charge in [0, 0.05) is 42.4 Å². The molecule has 41 heavy (non-hydrogen) atoms. The number of aliphatic hydroxyl groups is 1. The lowest BCUT2D eigenvalue weighted by Crippen LogP contribution is -2.79. The van der Waals surface area contributed by atoms with Crippen LogP contribution in [0.4, 0.5) is 0 Å². The molecule has 0 spiro atoms. The van der Waals surface area contributed by atoms with Gasteiger partial charge in [-0.2, -0.15) is 0 Å². The van der Waals surface area contributed by atoms with Gasteiger partial charge in [-0.1, -0.05) is 39.8 Å². The highest BCUT2D eigenvalue weighted by Gasteiger charge is 2.80. The van der Waals surface area contributed by atoms with Crippen LogP contribution in [0.25, 0.3) is 0 Å². The Bertz CT molecular complexity index is 1270. The van der Waals surface area contributed by atoms with Crippen LogP contribution in [0.1, 0.15) is 68.2 Å². The molecule has 1 saturated heterocycles. The fourth-order valence-electron chi connectivity index (χ4n) is 9.12. The first-order chi connectivity index (χ1) is 18.7. The molecule has 0 bridgehead atoms. The highest BCUT2D eigenvalue weighted by molar-refractivity contribution is 6.15.